The lowest BCUT2D eigenvalue weighted by atomic mass is 10.3. The molecule has 1 fully saturated rings. The second-order valence-corrected chi connectivity index (χ2v) is 3.77. The van der Waals surface area contributed by atoms with Crippen LogP contribution in [0.5, 0.6) is 0 Å². The number of nitrogens with one attached hydrogen (secondary N) is 1. The lowest BCUT2D eigenvalue weighted by Gasteiger charge is -2.19. The summed E-state index contributed by atoms with van der Waals surface area (Å²) in [4.78, 5) is 4.75. The number of nitrogens with zero attached hydrogens (tertiary/aromatic N) is 2. The van der Waals surface area contributed by atoms with E-state index >= 15 is 0 Å². The average molecular weight is 184 g/mol. The quantitative estimate of drug-likeness (QED) is 0.477. The Balaban J connectivity index is 2.22. The molecule has 1 aliphatic rings. The molecule has 0 amide bonds. The van der Waals surface area contributed by atoms with Crippen LogP contribution in [-0.4, -0.2) is 55.4 Å². The fraction of sp³-hybridized carbons (Fsp3) is 0.889. The summed E-state index contributed by atoms with van der Waals surface area (Å²) in [6, 6.07) is 0. The molecule has 4 nitrogen and oxygen atoms in total. The highest BCUT2D eigenvalue weighted by Crippen LogP contribution is 2.01. The Hall–Kier alpha value is -0.610. The minimum atomic E-state index is 0.303. The largest absolute Gasteiger partial charge is 0.388 e. The van der Waals surface area contributed by atoms with E-state index in [0.717, 1.165) is 26.2 Å². The molecule has 1 aliphatic heterocycles. The summed E-state index contributed by atoms with van der Waals surface area (Å²) in [5, 5.41) is 7.15. The maximum Gasteiger partial charge on any atom is 0.0918 e. The summed E-state index contributed by atoms with van der Waals surface area (Å²) in [6.07, 6.45) is 1.94. The van der Waals surface area contributed by atoms with Crippen molar-refractivity contribution in [2.75, 3.05) is 39.8 Å². The Labute approximate surface area is 80.2 Å². The van der Waals surface area contributed by atoms with E-state index in [-0.39, 0.29) is 0 Å². The standard InChI is InChI=1S/C9H20N4/c1-12-4-2-5-13(8-7-12)6-3-9(10)11/h2-8H2,1H3,(H3,10,11). The maximum absolute atomic E-state index is 7.15. The van der Waals surface area contributed by atoms with Gasteiger partial charge in [0.25, 0.3) is 0 Å². The lowest BCUT2D eigenvalue weighted by Crippen LogP contribution is -2.31. The molecule has 0 saturated carbocycles. The summed E-state index contributed by atoms with van der Waals surface area (Å²) >= 11 is 0. The third kappa shape index (κ3) is 4.24. The summed E-state index contributed by atoms with van der Waals surface area (Å²) in [7, 11) is 2.16. The van der Waals surface area contributed by atoms with Crippen molar-refractivity contribution in [1.29, 1.82) is 5.41 Å². The highest BCUT2D eigenvalue weighted by Gasteiger charge is 2.11. The first kappa shape index (κ1) is 10.5. The predicted molar refractivity (Wildman–Crippen MR) is 55.1 cm³/mol. The molecule has 0 unspecified atom stereocenters. The van der Waals surface area contributed by atoms with Gasteiger partial charge in [-0.3, -0.25) is 5.41 Å². The van der Waals surface area contributed by atoms with Gasteiger partial charge >= 0.3 is 0 Å². The van der Waals surface area contributed by atoms with E-state index in [1.807, 2.05) is 0 Å². The summed E-state index contributed by atoms with van der Waals surface area (Å²) in [5.74, 6) is 0.303. The van der Waals surface area contributed by atoms with Gasteiger partial charge in [-0.15, -0.1) is 0 Å². The van der Waals surface area contributed by atoms with E-state index in [1.54, 1.807) is 0 Å². The molecule has 13 heavy (non-hydrogen) atoms. The molecular formula is C9H20N4. The third-order valence-corrected chi connectivity index (χ3v) is 2.51. The van der Waals surface area contributed by atoms with Crippen LogP contribution in [0.1, 0.15) is 12.8 Å². The second-order valence-electron chi connectivity index (χ2n) is 3.77. The molecule has 0 atom stereocenters. The van der Waals surface area contributed by atoms with Gasteiger partial charge in [-0.05, 0) is 26.6 Å². The zero-order valence-electron chi connectivity index (χ0n) is 8.42. The Bertz CT molecular complexity index is 169. The van der Waals surface area contributed by atoms with Crippen LogP contribution < -0.4 is 5.73 Å². The van der Waals surface area contributed by atoms with Crippen LogP contribution in [0.15, 0.2) is 0 Å². The Morgan fingerprint density at radius 2 is 2.08 bits per heavy atom. The van der Waals surface area contributed by atoms with Crippen molar-refractivity contribution in [3.05, 3.63) is 0 Å². The molecule has 0 spiro atoms. The van der Waals surface area contributed by atoms with Crippen LogP contribution in [0.25, 0.3) is 0 Å². The number of hydrogen-bond donors (Lipinski definition) is 2. The smallest absolute Gasteiger partial charge is 0.0918 e. The van der Waals surface area contributed by atoms with Crippen molar-refractivity contribution in [2.45, 2.75) is 12.8 Å². The van der Waals surface area contributed by atoms with Crippen LogP contribution in [0.2, 0.25) is 0 Å². The highest BCUT2D eigenvalue weighted by molar-refractivity contribution is 5.76. The number of nitrogens with two attached hydrogens (primary N) is 1. The molecule has 4 heteroatoms. The molecule has 0 radical (unpaired) electrons. The highest BCUT2D eigenvalue weighted by atomic mass is 15.2. The fourth-order valence-electron chi connectivity index (χ4n) is 1.60. The number of rotatable bonds is 3. The Kier molecular flexibility index (Phi) is 4.18. The van der Waals surface area contributed by atoms with Gasteiger partial charge in [0.2, 0.25) is 0 Å². The first-order chi connectivity index (χ1) is 6.18. The van der Waals surface area contributed by atoms with Crippen molar-refractivity contribution in [3.63, 3.8) is 0 Å². The van der Waals surface area contributed by atoms with E-state index in [1.165, 1.54) is 13.0 Å². The first-order valence-corrected chi connectivity index (χ1v) is 4.92. The van der Waals surface area contributed by atoms with Gasteiger partial charge in [0.05, 0.1) is 5.84 Å². The van der Waals surface area contributed by atoms with Gasteiger partial charge in [-0.1, -0.05) is 0 Å². The SMILES string of the molecule is CN1CCCN(CCC(=N)N)CC1. The van der Waals surface area contributed by atoms with Crippen LogP contribution in [0.4, 0.5) is 0 Å². The molecule has 0 aromatic heterocycles. The molecule has 76 valence electrons. The van der Waals surface area contributed by atoms with Gasteiger partial charge in [-0.2, -0.15) is 0 Å². The van der Waals surface area contributed by atoms with Gasteiger partial charge < -0.3 is 15.5 Å². The van der Waals surface area contributed by atoms with E-state index in [4.69, 9.17) is 11.1 Å². The van der Waals surface area contributed by atoms with Gasteiger partial charge in [-0.25, -0.2) is 0 Å². The average Bonchev–Trinajstić information content (AvgIpc) is 2.27. The summed E-state index contributed by atoms with van der Waals surface area (Å²) in [5.41, 5.74) is 5.32. The Morgan fingerprint density at radius 3 is 2.77 bits per heavy atom. The Morgan fingerprint density at radius 1 is 1.31 bits per heavy atom. The molecule has 0 aliphatic carbocycles. The molecule has 1 saturated heterocycles. The van der Waals surface area contributed by atoms with Crippen molar-refractivity contribution >= 4 is 5.84 Å². The van der Waals surface area contributed by atoms with Gasteiger partial charge in [0.15, 0.2) is 0 Å². The molecule has 0 bridgehead atoms. The topological polar surface area (TPSA) is 56.4 Å². The third-order valence-electron chi connectivity index (χ3n) is 2.51. The minimum Gasteiger partial charge on any atom is -0.388 e. The molecule has 1 heterocycles. The predicted octanol–water partition coefficient (Wildman–Crippen LogP) is -0.0500. The summed E-state index contributed by atoms with van der Waals surface area (Å²) < 4.78 is 0. The minimum absolute atomic E-state index is 0.303. The fourth-order valence-corrected chi connectivity index (χ4v) is 1.60. The number of likely N-dealkylation sites (N-methyl/N-ethyl adjacent to an activating group) is 1. The van der Waals surface area contributed by atoms with E-state index in [2.05, 4.69) is 16.8 Å². The number of hydrogen-bond acceptors (Lipinski definition) is 3. The monoisotopic (exact) mass is 184 g/mol. The van der Waals surface area contributed by atoms with E-state index in [9.17, 15) is 0 Å². The van der Waals surface area contributed by atoms with E-state index in [0.29, 0.717) is 12.3 Å². The molecule has 0 aromatic rings. The zero-order chi connectivity index (χ0) is 9.68. The van der Waals surface area contributed by atoms with Gasteiger partial charge in [0, 0.05) is 26.1 Å². The zero-order valence-corrected chi connectivity index (χ0v) is 8.42. The van der Waals surface area contributed by atoms with Crippen LogP contribution in [0.3, 0.4) is 0 Å². The molecule has 0 aromatic carbocycles. The molecule has 1 rings (SSSR count). The van der Waals surface area contributed by atoms with Gasteiger partial charge in [0.1, 0.15) is 0 Å². The normalized spacial score (nSPS) is 21.3. The lowest BCUT2D eigenvalue weighted by molar-refractivity contribution is 0.283. The summed E-state index contributed by atoms with van der Waals surface area (Å²) in [6.45, 7) is 5.54. The molecule has 3 N–H and O–H groups in total. The van der Waals surface area contributed by atoms with Crippen molar-refractivity contribution in [2.24, 2.45) is 5.73 Å². The second kappa shape index (κ2) is 5.19. The molecular weight excluding hydrogens is 164 g/mol. The number of amidine groups is 1. The van der Waals surface area contributed by atoms with Crippen LogP contribution >= 0.6 is 0 Å². The van der Waals surface area contributed by atoms with Crippen molar-refractivity contribution in [1.82, 2.24) is 9.80 Å². The van der Waals surface area contributed by atoms with Crippen molar-refractivity contribution < 1.29 is 0 Å². The van der Waals surface area contributed by atoms with Crippen molar-refractivity contribution in [3.8, 4) is 0 Å². The first-order valence-electron chi connectivity index (χ1n) is 4.92. The van der Waals surface area contributed by atoms with Crippen LogP contribution in [-0.2, 0) is 0 Å². The van der Waals surface area contributed by atoms with Crippen LogP contribution in [0, 0.1) is 5.41 Å². The van der Waals surface area contributed by atoms with E-state index < -0.39 is 0 Å². The maximum atomic E-state index is 7.15.